The Labute approximate surface area is 32.0 Å². The topological polar surface area (TPSA) is 17.1 Å². The Morgan fingerprint density at radius 2 is 2.20 bits per heavy atom. The van der Waals surface area contributed by atoms with Crippen molar-refractivity contribution in [3.05, 3.63) is 6.92 Å². The van der Waals surface area contributed by atoms with Gasteiger partial charge in [0.25, 0.3) is 0 Å². The zero-order chi connectivity index (χ0) is 4.28. The minimum atomic E-state index is -0.495. The van der Waals surface area contributed by atoms with Crippen LogP contribution in [0.3, 0.4) is 0 Å². The van der Waals surface area contributed by atoms with Gasteiger partial charge in [0.05, 0.1) is 6.92 Å². The van der Waals surface area contributed by atoms with E-state index in [9.17, 15) is 4.79 Å². The van der Waals surface area contributed by atoms with Crippen molar-refractivity contribution < 1.29 is 4.79 Å². The van der Waals surface area contributed by atoms with Crippen LogP contribution in [0.1, 0.15) is 13.3 Å². The van der Waals surface area contributed by atoms with Gasteiger partial charge in [0, 0.05) is 6.42 Å². The third kappa shape index (κ3) is 3.67. The summed E-state index contributed by atoms with van der Waals surface area (Å²) >= 11 is 0. The first kappa shape index (κ1) is 4.67. The quantitative estimate of drug-likeness (QED) is 0.439. The molecule has 0 aromatic rings. The second-order valence-corrected chi connectivity index (χ2v) is 0.777. The molecular weight excluding hydrogens is 64.0 g/mol. The minimum absolute atomic E-state index is 0.333. The van der Waals surface area contributed by atoms with Gasteiger partial charge in [-0.3, -0.25) is 4.79 Å². The molecule has 27 valence electrons. The van der Waals surface area contributed by atoms with Crippen molar-refractivity contribution in [2.75, 3.05) is 0 Å². The van der Waals surface area contributed by atoms with Crippen molar-refractivity contribution in [1.29, 1.82) is 0 Å². The van der Waals surface area contributed by atoms with Gasteiger partial charge in [0.1, 0.15) is 5.78 Å². The predicted molar refractivity (Wildman–Crippen MR) is 18.5 cm³/mol. The average Bonchev–Trinajstić information content (AvgIpc) is 1.38. The minimum Gasteiger partial charge on any atom is -0.299 e. The van der Waals surface area contributed by atoms with E-state index in [-0.39, 0.29) is 0 Å². The van der Waals surface area contributed by atoms with Crippen LogP contribution in [0.2, 0.25) is 0 Å². The van der Waals surface area contributed by atoms with Gasteiger partial charge in [-0.15, -0.1) is 0 Å². The Morgan fingerprint density at radius 3 is 2.20 bits per heavy atom. The Balaban J connectivity index is 2.85. The first-order valence-corrected chi connectivity index (χ1v) is 1.51. The van der Waals surface area contributed by atoms with Crippen molar-refractivity contribution in [2.24, 2.45) is 0 Å². The van der Waals surface area contributed by atoms with Gasteiger partial charge in [-0.25, -0.2) is 0 Å². The molecule has 0 N–H and O–H groups in total. The highest BCUT2D eigenvalue weighted by Gasteiger charge is 1.78. The number of carbonyl (C=O) groups excluding carboxylic acids is 1. The largest absolute Gasteiger partial charge is 0.299 e. The SMILES string of the molecule is [C]C(=O)CC. The molecule has 0 saturated heterocycles. The van der Waals surface area contributed by atoms with Crippen LogP contribution < -0.4 is 0 Å². The van der Waals surface area contributed by atoms with Gasteiger partial charge in [-0.2, -0.15) is 0 Å². The first-order chi connectivity index (χ1) is 2.27. The summed E-state index contributed by atoms with van der Waals surface area (Å²) in [4.78, 5) is 9.48. The lowest BCUT2D eigenvalue weighted by Crippen LogP contribution is -1.81. The molecule has 1 heteroatoms. The highest BCUT2D eigenvalue weighted by Crippen LogP contribution is 1.70. The summed E-state index contributed by atoms with van der Waals surface area (Å²) in [6.45, 7) is 7.85. The Bertz CT molecular complexity index is 38.9. The molecule has 0 rings (SSSR count). The van der Waals surface area contributed by atoms with Crippen LogP contribution in [-0.2, 0) is 4.79 Å². The fourth-order valence-corrected chi connectivity index (χ4v) is 0. The molecule has 0 unspecified atom stereocenters. The maximum atomic E-state index is 9.48. The van der Waals surface area contributed by atoms with E-state index >= 15 is 0 Å². The number of Topliss-reactive ketones (excluding diaryl/α,β-unsaturated/α-hetero) is 1. The molecule has 0 aliphatic carbocycles. The van der Waals surface area contributed by atoms with Crippen LogP contribution in [0.5, 0.6) is 0 Å². The van der Waals surface area contributed by atoms with Gasteiger partial charge in [-0.05, 0) is 0 Å². The van der Waals surface area contributed by atoms with Crippen molar-refractivity contribution in [2.45, 2.75) is 13.3 Å². The van der Waals surface area contributed by atoms with Crippen LogP contribution >= 0.6 is 0 Å². The molecule has 3 radical (unpaired) electrons. The summed E-state index contributed by atoms with van der Waals surface area (Å²) < 4.78 is 0. The summed E-state index contributed by atoms with van der Waals surface area (Å²) in [7, 11) is 0. The molecule has 0 aliphatic heterocycles. The normalized spacial score (nSPS) is 7.60. The van der Waals surface area contributed by atoms with E-state index < -0.39 is 5.78 Å². The molecule has 0 aromatic heterocycles. The Morgan fingerprint density at radius 1 is 2.00 bits per heavy atom. The van der Waals surface area contributed by atoms with E-state index in [1.54, 1.807) is 6.92 Å². The van der Waals surface area contributed by atoms with E-state index in [4.69, 9.17) is 6.92 Å². The third-order valence-electron chi connectivity index (χ3n) is 0.321. The summed E-state index contributed by atoms with van der Waals surface area (Å²) in [5, 5.41) is 0. The Hall–Kier alpha value is -0.330. The number of hydrogen-bond acceptors (Lipinski definition) is 1. The fourth-order valence-electron chi connectivity index (χ4n) is 0. The van der Waals surface area contributed by atoms with Gasteiger partial charge in [0.2, 0.25) is 0 Å². The molecule has 0 aromatic carbocycles. The summed E-state index contributed by atoms with van der Waals surface area (Å²) in [6.07, 6.45) is 0.333. The molecule has 0 saturated carbocycles. The summed E-state index contributed by atoms with van der Waals surface area (Å²) in [5.74, 6) is -0.495. The standard InChI is InChI=1S/C4H5O/c1-3-4(2)5/h3H2,1H3. The van der Waals surface area contributed by atoms with Gasteiger partial charge >= 0.3 is 0 Å². The molecule has 0 atom stereocenters. The maximum Gasteiger partial charge on any atom is 0.142 e. The van der Waals surface area contributed by atoms with Crippen molar-refractivity contribution in [3.63, 3.8) is 0 Å². The van der Waals surface area contributed by atoms with Gasteiger partial charge in [-0.1, -0.05) is 6.92 Å². The third-order valence-corrected chi connectivity index (χ3v) is 0.321. The van der Waals surface area contributed by atoms with Crippen LogP contribution in [0, 0.1) is 6.92 Å². The molecule has 1 nitrogen and oxygen atoms in total. The molecule has 0 fully saturated rings. The Kier molecular flexibility index (Phi) is 1.81. The lowest BCUT2D eigenvalue weighted by molar-refractivity contribution is -0.114. The number of rotatable bonds is 1. The highest BCUT2D eigenvalue weighted by atomic mass is 16.1. The number of hydrogen-bond donors (Lipinski definition) is 0. The zero-order valence-electron chi connectivity index (χ0n) is 3.12. The predicted octanol–water partition coefficient (Wildman–Crippen LogP) is 0.554. The first-order valence-electron chi connectivity index (χ1n) is 1.51. The molecule has 0 spiro atoms. The van der Waals surface area contributed by atoms with Crippen molar-refractivity contribution in [3.8, 4) is 0 Å². The molecule has 0 aliphatic rings. The molecule has 5 heavy (non-hydrogen) atoms. The van der Waals surface area contributed by atoms with E-state index in [2.05, 4.69) is 0 Å². The fraction of sp³-hybridized carbons (Fsp3) is 0.500. The average molecular weight is 69.1 g/mol. The van der Waals surface area contributed by atoms with Crippen LogP contribution in [-0.4, -0.2) is 5.78 Å². The lowest BCUT2D eigenvalue weighted by atomic mass is 10.4. The molecular formula is C4H5O. The summed E-state index contributed by atoms with van der Waals surface area (Å²) in [5.41, 5.74) is 0. The van der Waals surface area contributed by atoms with Crippen LogP contribution in [0.4, 0.5) is 0 Å². The molecule has 0 heterocycles. The zero-order valence-corrected chi connectivity index (χ0v) is 3.12. The van der Waals surface area contributed by atoms with E-state index in [0.29, 0.717) is 6.42 Å². The van der Waals surface area contributed by atoms with Gasteiger partial charge < -0.3 is 0 Å². The monoisotopic (exact) mass is 69.0 g/mol. The lowest BCUT2D eigenvalue weighted by Gasteiger charge is -1.70. The van der Waals surface area contributed by atoms with Gasteiger partial charge in [0.15, 0.2) is 0 Å². The maximum absolute atomic E-state index is 9.48. The van der Waals surface area contributed by atoms with Crippen molar-refractivity contribution >= 4 is 5.78 Å². The second kappa shape index (κ2) is 1.94. The highest BCUT2D eigenvalue weighted by molar-refractivity contribution is 5.81. The van der Waals surface area contributed by atoms with Crippen LogP contribution in [0.25, 0.3) is 0 Å². The van der Waals surface area contributed by atoms with Crippen LogP contribution in [0.15, 0.2) is 0 Å². The van der Waals surface area contributed by atoms with E-state index in [0.717, 1.165) is 0 Å². The van der Waals surface area contributed by atoms with Crippen molar-refractivity contribution in [1.82, 2.24) is 0 Å². The number of ketones is 1. The smallest absolute Gasteiger partial charge is 0.142 e. The van der Waals surface area contributed by atoms with E-state index in [1.807, 2.05) is 0 Å². The second-order valence-electron chi connectivity index (χ2n) is 0.777. The number of carbonyl (C=O) groups is 1. The molecule has 0 bridgehead atoms. The van der Waals surface area contributed by atoms with E-state index in [1.165, 1.54) is 0 Å². The molecule has 0 amide bonds. The summed E-state index contributed by atoms with van der Waals surface area (Å²) in [6, 6.07) is 0.